The molecule has 1 N–H and O–H groups in total. The lowest BCUT2D eigenvalue weighted by Crippen LogP contribution is -2.14. The number of sulfonamides is 1. The van der Waals surface area contributed by atoms with Crippen LogP contribution in [0.15, 0.2) is 44.2 Å². The Morgan fingerprint density at radius 3 is 2.32 bits per heavy atom. The van der Waals surface area contributed by atoms with Crippen LogP contribution in [-0.4, -0.2) is 8.42 Å². The fraction of sp³-hybridized carbons (Fsp3) is 0.0714. The van der Waals surface area contributed by atoms with Gasteiger partial charge in [0.15, 0.2) is 0 Å². The minimum Gasteiger partial charge on any atom is -0.277 e. The molecule has 114 valence electrons. The number of nitrogens with one attached hydrogen (secondary N) is 1. The molecule has 0 aliphatic rings. The Morgan fingerprint density at radius 2 is 1.77 bits per heavy atom. The molecular formula is C14H9Br2ClN2O2S. The van der Waals surface area contributed by atoms with Crippen LogP contribution in [0.25, 0.3) is 0 Å². The molecular weight excluding hydrogens is 455 g/mol. The van der Waals surface area contributed by atoms with Gasteiger partial charge in [-0.15, -0.1) is 0 Å². The van der Waals surface area contributed by atoms with Gasteiger partial charge in [-0.3, -0.25) is 4.72 Å². The molecule has 2 aromatic carbocycles. The van der Waals surface area contributed by atoms with E-state index in [1.165, 1.54) is 12.1 Å². The highest BCUT2D eigenvalue weighted by atomic mass is 79.9. The third-order valence-electron chi connectivity index (χ3n) is 2.85. The van der Waals surface area contributed by atoms with E-state index in [0.29, 0.717) is 8.95 Å². The van der Waals surface area contributed by atoms with Crippen molar-refractivity contribution in [2.45, 2.75) is 11.8 Å². The molecule has 0 saturated heterocycles. The third-order valence-corrected chi connectivity index (χ3v) is 6.09. The second kappa shape index (κ2) is 6.59. The van der Waals surface area contributed by atoms with E-state index in [2.05, 4.69) is 36.6 Å². The summed E-state index contributed by atoms with van der Waals surface area (Å²) in [4.78, 5) is 0.105. The smallest absolute Gasteiger partial charge is 0.261 e. The van der Waals surface area contributed by atoms with E-state index in [4.69, 9.17) is 11.6 Å². The first-order valence-corrected chi connectivity index (χ1v) is 9.38. The summed E-state index contributed by atoms with van der Waals surface area (Å²) in [5.74, 6) is 0. The van der Waals surface area contributed by atoms with Crippen molar-refractivity contribution in [2.75, 3.05) is 4.72 Å². The number of nitriles is 1. The summed E-state index contributed by atoms with van der Waals surface area (Å²) in [5, 5.41) is 9.39. The lowest BCUT2D eigenvalue weighted by molar-refractivity contribution is 0.601. The largest absolute Gasteiger partial charge is 0.277 e. The number of anilines is 1. The third kappa shape index (κ3) is 3.46. The summed E-state index contributed by atoms with van der Waals surface area (Å²) in [6, 6.07) is 9.88. The van der Waals surface area contributed by atoms with Gasteiger partial charge >= 0.3 is 0 Å². The van der Waals surface area contributed by atoms with Crippen LogP contribution in [0.4, 0.5) is 5.69 Å². The molecule has 0 radical (unpaired) electrons. The van der Waals surface area contributed by atoms with Crippen LogP contribution in [0.2, 0.25) is 5.02 Å². The van der Waals surface area contributed by atoms with Gasteiger partial charge in [-0.05, 0) is 57.0 Å². The van der Waals surface area contributed by atoms with E-state index in [1.807, 2.05) is 13.0 Å². The number of hydrogen-bond donors (Lipinski definition) is 1. The molecule has 0 aliphatic heterocycles. The Bertz CT molecular complexity index is 875. The molecule has 0 heterocycles. The zero-order chi connectivity index (χ0) is 16.5. The summed E-state index contributed by atoms with van der Waals surface area (Å²) in [7, 11) is -3.82. The highest BCUT2D eigenvalue weighted by Crippen LogP contribution is 2.38. The monoisotopic (exact) mass is 462 g/mol. The molecule has 0 aromatic heterocycles. The number of benzene rings is 2. The van der Waals surface area contributed by atoms with Crippen LogP contribution in [0.5, 0.6) is 0 Å². The van der Waals surface area contributed by atoms with Gasteiger partial charge in [-0.1, -0.05) is 29.3 Å². The van der Waals surface area contributed by atoms with Gasteiger partial charge in [-0.2, -0.15) is 5.26 Å². The van der Waals surface area contributed by atoms with Crippen LogP contribution >= 0.6 is 43.5 Å². The Balaban J connectivity index is 2.53. The average molecular weight is 465 g/mol. The molecule has 22 heavy (non-hydrogen) atoms. The fourth-order valence-corrected chi connectivity index (χ4v) is 4.39. The fourth-order valence-electron chi connectivity index (χ4n) is 1.71. The molecule has 2 rings (SSSR count). The highest BCUT2D eigenvalue weighted by molar-refractivity contribution is 9.11. The molecule has 0 atom stereocenters. The van der Waals surface area contributed by atoms with Gasteiger partial charge in [0.1, 0.15) is 6.07 Å². The van der Waals surface area contributed by atoms with E-state index in [-0.39, 0.29) is 21.2 Å². The van der Waals surface area contributed by atoms with Crippen LogP contribution < -0.4 is 4.72 Å². The first-order valence-electron chi connectivity index (χ1n) is 5.93. The van der Waals surface area contributed by atoms with Crippen LogP contribution in [-0.2, 0) is 10.0 Å². The molecule has 2 aromatic rings. The maximum absolute atomic E-state index is 12.4. The summed E-state index contributed by atoms with van der Waals surface area (Å²) in [6.07, 6.45) is 0. The summed E-state index contributed by atoms with van der Waals surface area (Å²) >= 11 is 12.5. The molecule has 4 nitrogen and oxygen atoms in total. The van der Waals surface area contributed by atoms with Crippen molar-refractivity contribution in [1.29, 1.82) is 5.26 Å². The van der Waals surface area contributed by atoms with Gasteiger partial charge in [0.2, 0.25) is 0 Å². The molecule has 0 fully saturated rings. The van der Waals surface area contributed by atoms with Crippen molar-refractivity contribution in [3.63, 3.8) is 0 Å². The second-order valence-corrected chi connectivity index (χ2v) is 8.20. The maximum atomic E-state index is 12.4. The minimum absolute atomic E-state index is 0.0404. The number of hydrogen-bond acceptors (Lipinski definition) is 3. The van der Waals surface area contributed by atoms with Gasteiger partial charge in [0, 0.05) is 8.95 Å². The van der Waals surface area contributed by atoms with Crippen molar-refractivity contribution in [1.82, 2.24) is 0 Å². The van der Waals surface area contributed by atoms with E-state index < -0.39 is 10.0 Å². The first-order chi connectivity index (χ1) is 10.3. The standard InChI is InChI=1S/C14H9Br2ClN2O2S/c1-8-2-4-9(5-3-8)22(20,21)19-14-10(7-18)13(17)11(15)6-12(14)16/h2-6,19H,1H3. The van der Waals surface area contributed by atoms with E-state index >= 15 is 0 Å². The normalized spacial score (nSPS) is 11.0. The van der Waals surface area contributed by atoms with Crippen LogP contribution in [0.1, 0.15) is 11.1 Å². The quantitative estimate of drug-likeness (QED) is 0.661. The Hall–Kier alpha value is -1.07. The molecule has 0 aliphatic carbocycles. The average Bonchev–Trinajstić information content (AvgIpc) is 2.45. The molecule has 0 saturated carbocycles. The first kappa shape index (κ1) is 17.3. The van der Waals surface area contributed by atoms with Crippen molar-refractivity contribution in [3.05, 3.63) is 55.4 Å². The summed E-state index contributed by atoms with van der Waals surface area (Å²) in [5.41, 5.74) is 1.10. The van der Waals surface area contributed by atoms with E-state index in [0.717, 1.165) is 5.56 Å². The van der Waals surface area contributed by atoms with Gasteiger partial charge in [0.05, 0.1) is 21.2 Å². The zero-order valence-electron chi connectivity index (χ0n) is 11.2. The van der Waals surface area contributed by atoms with Crippen molar-refractivity contribution in [3.8, 4) is 6.07 Å². The van der Waals surface area contributed by atoms with E-state index in [9.17, 15) is 13.7 Å². The molecule has 0 unspecified atom stereocenters. The number of rotatable bonds is 3. The zero-order valence-corrected chi connectivity index (χ0v) is 15.9. The number of halogens is 3. The van der Waals surface area contributed by atoms with Gasteiger partial charge < -0.3 is 0 Å². The summed E-state index contributed by atoms with van der Waals surface area (Å²) < 4.78 is 28.2. The summed E-state index contributed by atoms with van der Waals surface area (Å²) in [6.45, 7) is 1.86. The van der Waals surface area contributed by atoms with Crippen molar-refractivity contribution in [2.24, 2.45) is 0 Å². The number of nitrogens with zero attached hydrogens (tertiary/aromatic N) is 1. The molecule has 0 bridgehead atoms. The Labute approximate surface area is 150 Å². The SMILES string of the molecule is Cc1ccc(S(=O)(=O)Nc2c(Br)cc(Br)c(Cl)c2C#N)cc1. The molecule has 0 spiro atoms. The second-order valence-electron chi connectivity index (χ2n) is 4.43. The van der Waals surface area contributed by atoms with Gasteiger partial charge in [-0.25, -0.2) is 8.42 Å². The van der Waals surface area contributed by atoms with Crippen molar-refractivity contribution >= 4 is 59.2 Å². The molecule has 8 heteroatoms. The van der Waals surface area contributed by atoms with Crippen molar-refractivity contribution < 1.29 is 8.42 Å². The topological polar surface area (TPSA) is 70.0 Å². The predicted molar refractivity (Wildman–Crippen MR) is 93.6 cm³/mol. The molecule has 0 amide bonds. The Kier molecular flexibility index (Phi) is 5.17. The van der Waals surface area contributed by atoms with Gasteiger partial charge in [0.25, 0.3) is 10.0 Å². The number of aryl methyl sites for hydroxylation is 1. The minimum atomic E-state index is -3.82. The van der Waals surface area contributed by atoms with Crippen LogP contribution in [0, 0.1) is 18.3 Å². The lowest BCUT2D eigenvalue weighted by Gasteiger charge is -2.13. The highest BCUT2D eigenvalue weighted by Gasteiger charge is 2.21. The lowest BCUT2D eigenvalue weighted by atomic mass is 10.2. The van der Waals surface area contributed by atoms with Crippen LogP contribution in [0.3, 0.4) is 0 Å². The Morgan fingerprint density at radius 1 is 1.18 bits per heavy atom. The predicted octanol–water partition coefficient (Wildman–Crippen LogP) is 4.85. The van der Waals surface area contributed by atoms with E-state index in [1.54, 1.807) is 18.2 Å². The maximum Gasteiger partial charge on any atom is 0.261 e.